The number of ether oxygens (including phenoxy) is 2. The molecule has 44 heavy (non-hydrogen) atoms. The lowest BCUT2D eigenvalue weighted by atomic mass is 9.49. The zero-order chi connectivity index (χ0) is 30.5. The summed E-state index contributed by atoms with van der Waals surface area (Å²) in [6.07, 6.45) is 2.33. The SMILES string of the molecule is O=C(O)Cc1cc(F)cc2c(CC(=O)Oc3ccc4c5c3O[C@H]3C(=O)CC[C@@]6(O)[C@@H](C4)N(CC4CC4)CC[C@]536)cc(F)cc12. The fourth-order valence-corrected chi connectivity index (χ4v) is 8.64. The minimum absolute atomic E-state index is 0.0733. The molecule has 2 saturated carbocycles. The molecule has 228 valence electrons. The first-order valence-electron chi connectivity index (χ1n) is 15.2. The van der Waals surface area contributed by atoms with Crippen LogP contribution in [0.4, 0.5) is 8.78 Å². The van der Waals surface area contributed by atoms with Crippen LogP contribution in [0.3, 0.4) is 0 Å². The number of carbonyl (C=O) groups is 3. The largest absolute Gasteiger partial charge is 0.481 e. The van der Waals surface area contributed by atoms with Crippen LogP contribution in [0.5, 0.6) is 11.5 Å². The minimum atomic E-state index is -1.20. The number of benzene rings is 3. The number of carbonyl (C=O) groups excluding carboxylic acids is 2. The average Bonchev–Trinajstić information content (AvgIpc) is 3.70. The van der Waals surface area contributed by atoms with Crippen LogP contribution in [-0.4, -0.2) is 63.7 Å². The van der Waals surface area contributed by atoms with Gasteiger partial charge in [-0.2, -0.15) is 0 Å². The van der Waals surface area contributed by atoms with Gasteiger partial charge in [-0.1, -0.05) is 6.07 Å². The molecule has 0 amide bonds. The number of likely N-dealkylation sites (tertiary alicyclic amines) is 1. The third-order valence-corrected chi connectivity index (χ3v) is 10.6. The first-order valence-corrected chi connectivity index (χ1v) is 15.2. The Hall–Kier alpha value is -3.89. The molecule has 10 heteroatoms. The van der Waals surface area contributed by atoms with Gasteiger partial charge in [0, 0.05) is 24.6 Å². The quantitative estimate of drug-likeness (QED) is 0.308. The fraction of sp³-hybridized carbons (Fsp3) is 0.441. The van der Waals surface area contributed by atoms with Gasteiger partial charge in [0.2, 0.25) is 0 Å². The normalized spacial score (nSPS) is 28.5. The summed E-state index contributed by atoms with van der Waals surface area (Å²) >= 11 is 0. The van der Waals surface area contributed by atoms with Gasteiger partial charge in [0.15, 0.2) is 23.4 Å². The van der Waals surface area contributed by atoms with Gasteiger partial charge in [-0.3, -0.25) is 19.3 Å². The molecule has 1 saturated heterocycles. The van der Waals surface area contributed by atoms with E-state index in [0.717, 1.165) is 48.5 Å². The fourth-order valence-electron chi connectivity index (χ4n) is 8.64. The highest BCUT2D eigenvalue weighted by atomic mass is 19.1. The number of hydrogen-bond acceptors (Lipinski definition) is 7. The molecule has 4 atom stereocenters. The second-order valence-electron chi connectivity index (χ2n) is 13.1. The predicted octanol–water partition coefficient (Wildman–Crippen LogP) is 4.03. The van der Waals surface area contributed by atoms with Gasteiger partial charge in [0.05, 0.1) is 23.9 Å². The summed E-state index contributed by atoms with van der Waals surface area (Å²) in [5, 5.41) is 22.1. The number of rotatable bonds is 7. The van der Waals surface area contributed by atoms with Gasteiger partial charge in [-0.15, -0.1) is 0 Å². The summed E-state index contributed by atoms with van der Waals surface area (Å²) in [5.74, 6) is -2.36. The number of halogens is 2. The third-order valence-electron chi connectivity index (χ3n) is 10.6. The molecule has 8 nitrogen and oxygen atoms in total. The van der Waals surface area contributed by atoms with E-state index in [1.807, 2.05) is 6.07 Å². The van der Waals surface area contributed by atoms with Crippen LogP contribution < -0.4 is 9.47 Å². The second-order valence-corrected chi connectivity index (χ2v) is 13.1. The maximum absolute atomic E-state index is 14.6. The number of carboxylic acid groups (broad SMARTS) is 1. The van der Waals surface area contributed by atoms with Crippen molar-refractivity contribution in [2.45, 2.75) is 74.5 Å². The first kappa shape index (κ1) is 27.6. The molecule has 2 heterocycles. The van der Waals surface area contributed by atoms with Crippen molar-refractivity contribution in [2.24, 2.45) is 5.92 Å². The number of hydrogen-bond donors (Lipinski definition) is 2. The van der Waals surface area contributed by atoms with Crippen molar-refractivity contribution in [1.29, 1.82) is 0 Å². The Kier molecular flexibility index (Phi) is 6.00. The highest BCUT2D eigenvalue weighted by Gasteiger charge is 2.73. The van der Waals surface area contributed by atoms with Crippen molar-refractivity contribution in [1.82, 2.24) is 4.90 Å². The molecule has 5 aliphatic rings. The first-order chi connectivity index (χ1) is 21.1. The highest BCUT2D eigenvalue weighted by Crippen LogP contribution is 2.65. The van der Waals surface area contributed by atoms with E-state index in [0.29, 0.717) is 30.9 Å². The Balaban J connectivity index is 1.15. The van der Waals surface area contributed by atoms with Gasteiger partial charge in [0.1, 0.15) is 11.6 Å². The standard InChI is InChI=1S/C34H31F2NO7/c35-21-9-19(12-28(39)40)23-14-22(36)10-20(24(23)15-21)13-29(41)43-26-4-3-18-11-27-34(42)6-5-25(38)32-33(34,30(18)31(26)44-32)7-8-37(27)16-17-1-2-17/h3-4,9-10,14-15,17,27,32,42H,1-2,5-8,11-13,16H2,(H,39,40)/t27-,32+,33+,34-/m1/s1. The molecule has 0 aromatic heterocycles. The van der Waals surface area contributed by atoms with E-state index in [4.69, 9.17) is 9.47 Å². The van der Waals surface area contributed by atoms with E-state index in [1.54, 1.807) is 6.07 Å². The summed E-state index contributed by atoms with van der Waals surface area (Å²) < 4.78 is 41.3. The number of Topliss-reactive ketones (excluding diaryl/α,β-unsaturated/α-hetero) is 1. The number of esters is 1. The zero-order valence-corrected chi connectivity index (χ0v) is 23.9. The van der Waals surface area contributed by atoms with Crippen LogP contribution in [0, 0.1) is 17.6 Å². The molecule has 0 unspecified atom stereocenters. The van der Waals surface area contributed by atoms with Crippen LogP contribution in [0.1, 0.15) is 54.4 Å². The molecule has 2 bridgehead atoms. The van der Waals surface area contributed by atoms with Gasteiger partial charge >= 0.3 is 11.9 Å². The molecule has 0 radical (unpaired) electrons. The topological polar surface area (TPSA) is 113 Å². The summed E-state index contributed by atoms with van der Waals surface area (Å²) in [6.45, 7) is 1.68. The summed E-state index contributed by atoms with van der Waals surface area (Å²) in [5.41, 5.74) is -0.105. The number of nitrogens with zero attached hydrogens (tertiary/aromatic N) is 1. The molecule has 1 spiro atoms. The van der Waals surface area contributed by atoms with E-state index in [2.05, 4.69) is 4.90 Å². The second kappa shape index (κ2) is 9.55. The summed E-state index contributed by atoms with van der Waals surface area (Å²) in [6, 6.07) is 7.82. The Bertz CT molecular complexity index is 1790. The van der Waals surface area contributed by atoms with Gasteiger partial charge in [0.25, 0.3) is 0 Å². The average molecular weight is 604 g/mol. The number of carboxylic acids is 1. The van der Waals surface area contributed by atoms with E-state index in [1.165, 1.54) is 12.8 Å². The number of ketones is 1. The molecule has 3 aromatic rings. The lowest BCUT2D eigenvalue weighted by Gasteiger charge is -2.62. The number of piperidine rings is 1. The number of aliphatic carboxylic acids is 1. The Morgan fingerprint density at radius 1 is 1.02 bits per heavy atom. The van der Waals surface area contributed by atoms with Gasteiger partial charge in [-0.25, -0.2) is 8.78 Å². The van der Waals surface area contributed by atoms with E-state index in [9.17, 15) is 33.4 Å². The lowest BCUT2D eigenvalue weighted by Crippen LogP contribution is -2.76. The lowest BCUT2D eigenvalue weighted by molar-refractivity contribution is -0.188. The van der Waals surface area contributed by atoms with Crippen molar-refractivity contribution in [3.63, 3.8) is 0 Å². The van der Waals surface area contributed by atoms with Crippen LogP contribution in [0.2, 0.25) is 0 Å². The molecule has 2 aliphatic heterocycles. The Morgan fingerprint density at radius 2 is 1.73 bits per heavy atom. The number of aliphatic hydroxyl groups is 1. The minimum Gasteiger partial charge on any atom is -0.481 e. The number of fused-ring (bicyclic) bond motifs is 1. The molecule has 2 N–H and O–H groups in total. The maximum atomic E-state index is 14.6. The van der Waals surface area contributed by atoms with Crippen LogP contribution >= 0.6 is 0 Å². The Labute approximate surface area is 251 Å². The maximum Gasteiger partial charge on any atom is 0.315 e. The molecule has 8 rings (SSSR count). The van der Waals surface area contributed by atoms with Crippen LogP contribution in [0.15, 0.2) is 36.4 Å². The van der Waals surface area contributed by atoms with Crippen molar-refractivity contribution in [3.05, 3.63) is 70.3 Å². The smallest absolute Gasteiger partial charge is 0.315 e. The van der Waals surface area contributed by atoms with Crippen molar-refractivity contribution >= 4 is 28.5 Å². The van der Waals surface area contributed by atoms with Crippen LogP contribution in [0.25, 0.3) is 10.8 Å². The monoisotopic (exact) mass is 603 g/mol. The Morgan fingerprint density at radius 3 is 2.41 bits per heavy atom. The van der Waals surface area contributed by atoms with Crippen molar-refractivity contribution in [3.8, 4) is 11.5 Å². The third kappa shape index (κ3) is 3.96. The molecular formula is C34H31F2NO7. The molecular weight excluding hydrogens is 572 g/mol. The van der Waals surface area contributed by atoms with Gasteiger partial charge < -0.3 is 19.7 Å². The summed E-state index contributed by atoms with van der Waals surface area (Å²) in [4.78, 5) is 40.4. The zero-order valence-electron chi connectivity index (χ0n) is 23.9. The molecule has 3 fully saturated rings. The van der Waals surface area contributed by atoms with E-state index < -0.39 is 53.5 Å². The van der Waals surface area contributed by atoms with E-state index in [-0.39, 0.29) is 45.9 Å². The van der Waals surface area contributed by atoms with E-state index >= 15 is 0 Å². The molecule has 3 aromatic carbocycles. The molecule has 3 aliphatic carbocycles. The summed E-state index contributed by atoms with van der Waals surface area (Å²) in [7, 11) is 0. The van der Waals surface area contributed by atoms with Gasteiger partial charge in [-0.05, 0) is 102 Å². The van der Waals surface area contributed by atoms with Crippen molar-refractivity contribution in [2.75, 3.05) is 13.1 Å². The predicted molar refractivity (Wildman–Crippen MR) is 153 cm³/mol. The van der Waals surface area contributed by atoms with Crippen LogP contribution in [-0.2, 0) is 39.1 Å². The highest BCUT2D eigenvalue weighted by molar-refractivity contribution is 5.94. The van der Waals surface area contributed by atoms with Crippen molar-refractivity contribution < 1.29 is 42.9 Å².